The van der Waals surface area contributed by atoms with Crippen molar-refractivity contribution in [3.8, 4) is 0 Å². The van der Waals surface area contributed by atoms with Gasteiger partial charge in [-0.25, -0.2) is 4.98 Å². The van der Waals surface area contributed by atoms with E-state index in [9.17, 15) is 4.79 Å². The van der Waals surface area contributed by atoms with Crippen LogP contribution < -0.4 is 16.4 Å². The van der Waals surface area contributed by atoms with Gasteiger partial charge in [0, 0.05) is 24.8 Å². The minimum atomic E-state index is -0.435. The van der Waals surface area contributed by atoms with Gasteiger partial charge >= 0.3 is 0 Å². The van der Waals surface area contributed by atoms with Gasteiger partial charge < -0.3 is 16.4 Å². The smallest absolute Gasteiger partial charge is 0.252 e. The molecule has 2 rings (SSSR count). The third-order valence-corrected chi connectivity index (χ3v) is 3.20. The van der Waals surface area contributed by atoms with E-state index in [-0.39, 0.29) is 6.04 Å². The molecule has 0 radical (unpaired) electrons. The predicted octanol–water partition coefficient (Wildman–Crippen LogP) is 0.416. The third kappa shape index (κ3) is 2.24. The van der Waals surface area contributed by atoms with Gasteiger partial charge in [0.05, 0.1) is 5.56 Å². The van der Waals surface area contributed by atoms with Gasteiger partial charge in [-0.1, -0.05) is 0 Å². The molecule has 1 unspecified atom stereocenters. The monoisotopic (exact) mass is 234 g/mol. The van der Waals surface area contributed by atoms with Gasteiger partial charge in [0.15, 0.2) is 0 Å². The fraction of sp³-hybridized carbons (Fsp3) is 0.500. The number of hydrogen-bond acceptors (Lipinski definition) is 4. The van der Waals surface area contributed by atoms with Crippen LogP contribution in [0.3, 0.4) is 0 Å². The van der Waals surface area contributed by atoms with Gasteiger partial charge in [-0.15, -0.1) is 0 Å². The largest absolute Gasteiger partial charge is 0.365 e. The molecule has 92 valence electrons. The van der Waals surface area contributed by atoms with Crippen molar-refractivity contribution in [2.75, 3.05) is 18.0 Å². The van der Waals surface area contributed by atoms with E-state index in [1.54, 1.807) is 12.1 Å². The van der Waals surface area contributed by atoms with Crippen LogP contribution in [-0.4, -0.2) is 30.0 Å². The summed E-state index contributed by atoms with van der Waals surface area (Å²) in [6.07, 6.45) is 2.13. The van der Waals surface area contributed by atoms with Crippen molar-refractivity contribution in [2.24, 2.45) is 11.5 Å². The first-order valence-corrected chi connectivity index (χ1v) is 5.87. The van der Waals surface area contributed by atoms with Crippen molar-refractivity contribution in [1.29, 1.82) is 0 Å². The summed E-state index contributed by atoms with van der Waals surface area (Å²) >= 11 is 0. The van der Waals surface area contributed by atoms with Crippen LogP contribution in [0.25, 0.3) is 0 Å². The zero-order chi connectivity index (χ0) is 12.4. The Morgan fingerprint density at radius 3 is 3.00 bits per heavy atom. The van der Waals surface area contributed by atoms with Crippen LogP contribution in [0.1, 0.15) is 28.9 Å². The summed E-state index contributed by atoms with van der Waals surface area (Å²) in [5.74, 6) is 0.251. The van der Waals surface area contributed by atoms with Crippen LogP contribution in [0.4, 0.5) is 5.82 Å². The van der Waals surface area contributed by atoms with Crippen LogP contribution in [0.2, 0.25) is 0 Å². The molecule has 5 nitrogen and oxygen atoms in total. The summed E-state index contributed by atoms with van der Waals surface area (Å²) in [5.41, 5.74) is 12.5. The lowest BCUT2D eigenvalue weighted by molar-refractivity contribution is 0.100. The topological polar surface area (TPSA) is 85.2 Å². The van der Waals surface area contributed by atoms with E-state index < -0.39 is 5.91 Å². The Balaban J connectivity index is 2.42. The summed E-state index contributed by atoms with van der Waals surface area (Å²) in [4.78, 5) is 18.0. The first-order valence-electron chi connectivity index (χ1n) is 5.87. The molecule has 0 spiro atoms. The Bertz CT molecular complexity index is 433. The Hall–Kier alpha value is -1.62. The van der Waals surface area contributed by atoms with E-state index in [4.69, 9.17) is 11.5 Å². The quantitative estimate of drug-likeness (QED) is 0.793. The molecule has 0 bridgehead atoms. The molecule has 1 fully saturated rings. The Kier molecular flexibility index (Phi) is 3.28. The molecule has 1 aliphatic rings. The predicted molar refractivity (Wildman–Crippen MR) is 66.9 cm³/mol. The molecule has 5 heteroatoms. The molecule has 4 N–H and O–H groups in total. The molecule has 0 aliphatic carbocycles. The number of hydrogen-bond donors (Lipinski definition) is 2. The fourth-order valence-electron chi connectivity index (χ4n) is 2.31. The second-order valence-corrected chi connectivity index (χ2v) is 4.41. The summed E-state index contributed by atoms with van der Waals surface area (Å²) in [5, 5.41) is 0. The standard InChI is InChI=1S/C12H18N4O/c1-8-4-5-10(11(14)17)12(15-8)16-6-2-3-9(16)7-13/h4-5,9H,2-3,6-7,13H2,1H3,(H2,14,17). The second-order valence-electron chi connectivity index (χ2n) is 4.41. The van der Waals surface area contributed by atoms with E-state index in [0.717, 1.165) is 25.1 Å². The van der Waals surface area contributed by atoms with E-state index in [1.165, 1.54) is 0 Å². The lowest BCUT2D eigenvalue weighted by atomic mass is 10.2. The molecule has 1 amide bonds. The normalized spacial score (nSPS) is 19.6. The number of aryl methyl sites for hydroxylation is 1. The van der Waals surface area contributed by atoms with Crippen molar-refractivity contribution in [1.82, 2.24) is 4.98 Å². The van der Waals surface area contributed by atoms with Gasteiger partial charge in [-0.3, -0.25) is 4.79 Å². The van der Waals surface area contributed by atoms with Crippen molar-refractivity contribution in [3.05, 3.63) is 23.4 Å². The highest BCUT2D eigenvalue weighted by Crippen LogP contribution is 2.26. The van der Waals surface area contributed by atoms with Crippen LogP contribution >= 0.6 is 0 Å². The van der Waals surface area contributed by atoms with E-state index >= 15 is 0 Å². The summed E-state index contributed by atoms with van der Waals surface area (Å²) < 4.78 is 0. The number of amides is 1. The van der Waals surface area contributed by atoms with Crippen LogP contribution in [0.15, 0.2) is 12.1 Å². The summed E-state index contributed by atoms with van der Waals surface area (Å²) in [6, 6.07) is 3.81. The molecule has 1 saturated heterocycles. The Morgan fingerprint density at radius 2 is 2.35 bits per heavy atom. The number of nitrogens with two attached hydrogens (primary N) is 2. The van der Waals surface area contributed by atoms with Crippen LogP contribution in [0, 0.1) is 6.92 Å². The van der Waals surface area contributed by atoms with Gasteiger partial charge in [0.25, 0.3) is 5.91 Å². The molecule has 2 heterocycles. The van der Waals surface area contributed by atoms with E-state index in [0.29, 0.717) is 17.9 Å². The number of nitrogens with zero attached hydrogens (tertiary/aromatic N) is 2. The van der Waals surface area contributed by atoms with Gasteiger partial charge in [-0.05, 0) is 31.9 Å². The van der Waals surface area contributed by atoms with Gasteiger partial charge in [0.1, 0.15) is 5.82 Å². The number of primary amides is 1. The molecular formula is C12H18N4O. The highest BCUT2D eigenvalue weighted by molar-refractivity contribution is 5.97. The average molecular weight is 234 g/mol. The molecule has 1 aromatic heterocycles. The number of aromatic nitrogens is 1. The van der Waals surface area contributed by atoms with Crippen LogP contribution in [0.5, 0.6) is 0 Å². The number of pyridine rings is 1. The molecule has 17 heavy (non-hydrogen) atoms. The molecule has 1 aromatic rings. The minimum absolute atomic E-state index is 0.266. The molecule has 0 saturated carbocycles. The number of carbonyl (C=O) groups is 1. The maximum Gasteiger partial charge on any atom is 0.252 e. The van der Waals surface area contributed by atoms with E-state index in [1.807, 2.05) is 6.92 Å². The van der Waals surface area contributed by atoms with Crippen molar-refractivity contribution in [3.63, 3.8) is 0 Å². The number of carbonyl (C=O) groups excluding carboxylic acids is 1. The molecule has 1 atom stereocenters. The summed E-state index contributed by atoms with van der Waals surface area (Å²) in [6.45, 7) is 3.37. The SMILES string of the molecule is Cc1ccc(C(N)=O)c(N2CCCC2CN)n1. The van der Waals surface area contributed by atoms with Crippen molar-refractivity contribution in [2.45, 2.75) is 25.8 Å². The fourth-order valence-corrected chi connectivity index (χ4v) is 2.31. The maximum atomic E-state index is 11.4. The lowest BCUT2D eigenvalue weighted by Crippen LogP contribution is -2.37. The Labute approximate surface area is 101 Å². The molecule has 0 aromatic carbocycles. The minimum Gasteiger partial charge on any atom is -0.365 e. The average Bonchev–Trinajstić information content (AvgIpc) is 2.76. The molecular weight excluding hydrogens is 216 g/mol. The lowest BCUT2D eigenvalue weighted by Gasteiger charge is -2.26. The van der Waals surface area contributed by atoms with Crippen LogP contribution in [-0.2, 0) is 0 Å². The third-order valence-electron chi connectivity index (χ3n) is 3.20. The number of rotatable bonds is 3. The first-order chi connectivity index (χ1) is 8.13. The summed E-state index contributed by atoms with van der Waals surface area (Å²) in [7, 11) is 0. The van der Waals surface area contributed by atoms with E-state index in [2.05, 4.69) is 9.88 Å². The zero-order valence-corrected chi connectivity index (χ0v) is 10.0. The van der Waals surface area contributed by atoms with Crippen molar-refractivity contribution >= 4 is 11.7 Å². The highest BCUT2D eigenvalue weighted by Gasteiger charge is 2.27. The second kappa shape index (κ2) is 4.71. The van der Waals surface area contributed by atoms with Gasteiger partial charge in [-0.2, -0.15) is 0 Å². The number of anilines is 1. The Morgan fingerprint density at radius 1 is 1.59 bits per heavy atom. The van der Waals surface area contributed by atoms with Gasteiger partial charge in [0.2, 0.25) is 0 Å². The van der Waals surface area contributed by atoms with Crippen molar-refractivity contribution < 1.29 is 4.79 Å². The zero-order valence-electron chi connectivity index (χ0n) is 10.0. The first kappa shape index (κ1) is 11.9. The highest BCUT2D eigenvalue weighted by atomic mass is 16.1. The maximum absolute atomic E-state index is 11.4. The molecule has 1 aliphatic heterocycles.